The van der Waals surface area contributed by atoms with Crippen LogP contribution >= 0.6 is 11.3 Å². The molecule has 0 aliphatic carbocycles. The first-order valence-corrected chi connectivity index (χ1v) is 11.6. The van der Waals surface area contributed by atoms with Gasteiger partial charge in [0.2, 0.25) is 0 Å². The SMILES string of the molecule is CCOC(=O)C1CCN(C(=O)c2cc(-c3ccc(C)s3)nc3c2cnn3C(C)C)CC1. The number of fused-ring (bicyclic) bond motifs is 1. The minimum atomic E-state index is -0.158. The number of esters is 1. The molecule has 0 saturated carbocycles. The van der Waals surface area contributed by atoms with E-state index in [4.69, 9.17) is 9.72 Å². The summed E-state index contributed by atoms with van der Waals surface area (Å²) in [5.41, 5.74) is 2.13. The van der Waals surface area contributed by atoms with E-state index in [2.05, 4.69) is 31.9 Å². The van der Waals surface area contributed by atoms with Crippen molar-refractivity contribution in [3.05, 3.63) is 34.8 Å². The van der Waals surface area contributed by atoms with Gasteiger partial charge in [0, 0.05) is 24.0 Å². The average Bonchev–Trinajstić information content (AvgIpc) is 3.39. The first-order valence-electron chi connectivity index (χ1n) is 10.8. The molecule has 164 valence electrons. The molecule has 0 atom stereocenters. The molecule has 4 heterocycles. The van der Waals surface area contributed by atoms with Crippen molar-refractivity contribution < 1.29 is 14.3 Å². The number of thiophene rings is 1. The molecule has 0 unspecified atom stereocenters. The highest BCUT2D eigenvalue weighted by molar-refractivity contribution is 7.15. The molecule has 0 aromatic carbocycles. The van der Waals surface area contributed by atoms with Crippen LogP contribution in [0.3, 0.4) is 0 Å². The summed E-state index contributed by atoms with van der Waals surface area (Å²) in [6.45, 7) is 9.45. The normalized spacial score (nSPS) is 15.1. The zero-order chi connectivity index (χ0) is 22.1. The van der Waals surface area contributed by atoms with Crippen molar-refractivity contribution in [2.75, 3.05) is 19.7 Å². The van der Waals surface area contributed by atoms with E-state index in [1.807, 2.05) is 28.6 Å². The number of piperidine rings is 1. The van der Waals surface area contributed by atoms with Gasteiger partial charge in [-0.15, -0.1) is 11.3 Å². The Hall–Kier alpha value is -2.74. The van der Waals surface area contributed by atoms with E-state index in [0.29, 0.717) is 38.1 Å². The minimum Gasteiger partial charge on any atom is -0.466 e. The van der Waals surface area contributed by atoms with Crippen molar-refractivity contribution in [2.45, 2.75) is 46.6 Å². The van der Waals surface area contributed by atoms with E-state index < -0.39 is 0 Å². The topological polar surface area (TPSA) is 77.3 Å². The molecule has 0 radical (unpaired) electrons. The summed E-state index contributed by atoms with van der Waals surface area (Å²) in [5.74, 6) is -0.322. The number of amides is 1. The number of aromatic nitrogens is 3. The molecule has 1 aliphatic rings. The molecule has 1 saturated heterocycles. The van der Waals surface area contributed by atoms with Crippen LogP contribution in [0.1, 0.15) is 54.9 Å². The Kier molecular flexibility index (Phi) is 6.09. The van der Waals surface area contributed by atoms with Gasteiger partial charge < -0.3 is 9.64 Å². The molecule has 7 nitrogen and oxygen atoms in total. The Morgan fingerprint density at radius 1 is 1.26 bits per heavy atom. The summed E-state index contributed by atoms with van der Waals surface area (Å²) in [7, 11) is 0. The number of aryl methyl sites for hydroxylation is 1. The highest BCUT2D eigenvalue weighted by Gasteiger charge is 2.30. The minimum absolute atomic E-state index is 0.0347. The molecule has 0 spiro atoms. The lowest BCUT2D eigenvalue weighted by Crippen LogP contribution is -2.40. The third-order valence-electron chi connectivity index (χ3n) is 5.68. The quantitative estimate of drug-likeness (QED) is 0.547. The monoisotopic (exact) mass is 440 g/mol. The summed E-state index contributed by atoms with van der Waals surface area (Å²) in [6.07, 6.45) is 2.99. The second-order valence-corrected chi connectivity index (χ2v) is 9.49. The molecular weight excluding hydrogens is 412 g/mol. The number of carbonyl (C=O) groups is 2. The lowest BCUT2D eigenvalue weighted by molar-refractivity contribution is -0.149. The first kappa shape index (κ1) is 21.5. The van der Waals surface area contributed by atoms with Crippen LogP contribution in [0.15, 0.2) is 24.4 Å². The molecule has 3 aromatic rings. The average molecular weight is 441 g/mol. The third kappa shape index (κ3) is 4.21. The van der Waals surface area contributed by atoms with Gasteiger partial charge in [-0.25, -0.2) is 9.67 Å². The fraction of sp³-hybridized carbons (Fsp3) is 0.478. The maximum absolute atomic E-state index is 13.5. The van der Waals surface area contributed by atoms with Crippen LogP contribution in [-0.2, 0) is 9.53 Å². The molecule has 4 rings (SSSR count). The Bertz CT molecular complexity index is 1110. The van der Waals surface area contributed by atoms with Crippen LogP contribution < -0.4 is 0 Å². The largest absolute Gasteiger partial charge is 0.466 e. The molecule has 0 bridgehead atoms. The van der Waals surface area contributed by atoms with Gasteiger partial charge in [-0.05, 0) is 58.7 Å². The number of hydrogen-bond acceptors (Lipinski definition) is 6. The zero-order valence-electron chi connectivity index (χ0n) is 18.4. The maximum Gasteiger partial charge on any atom is 0.309 e. The summed E-state index contributed by atoms with van der Waals surface area (Å²) in [5, 5.41) is 5.27. The zero-order valence-corrected chi connectivity index (χ0v) is 19.2. The van der Waals surface area contributed by atoms with Crippen LogP contribution in [0.4, 0.5) is 0 Å². The Morgan fingerprint density at radius 3 is 2.61 bits per heavy atom. The number of likely N-dealkylation sites (tertiary alicyclic amines) is 1. The first-order chi connectivity index (χ1) is 14.9. The fourth-order valence-electron chi connectivity index (χ4n) is 4.02. The lowest BCUT2D eigenvalue weighted by Gasteiger charge is -2.31. The van der Waals surface area contributed by atoms with E-state index in [0.717, 1.165) is 21.6 Å². The molecule has 1 aliphatic heterocycles. The molecule has 1 fully saturated rings. The van der Waals surface area contributed by atoms with Crippen molar-refractivity contribution in [3.63, 3.8) is 0 Å². The van der Waals surface area contributed by atoms with E-state index >= 15 is 0 Å². The van der Waals surface area contributed by atoms with Gasteiger partial charge in [0.1, 0.15) is 0 Å². The molecule has 8 heteroatoms. The maximum atomic E-state index is 13.5. The van der Waals surface area contributed by atoms with Crippen molar-refractivity contribution >= 4 is 34.2 Å². The van der Waals surface area contributed by atoms with Gasteiger partial charge in [-0.3, -0.25) is 9.59 Å². The van der Waals surface area contributed by atoms with Crippen molar-refractivity contribution in [3.8, 4) is 10.6 Å². The van der Waals surface area contributed by atoms with Crippen LogP contribution in [0.5, 0.6) is 0 Å². The number of carbonyl (C=O) groups excluding carboxylic acids is 2. The van der Waals surface area contributed by atoms with Gasteiger partial charge in [0.25, 0.3) is 5.91 Å². The predicted octanol–water partition coefficient (Wildman–Crippen LogP) is 4.46. The smallest absolute Gasteiger partial charge is 0.309 e. The van der Waals surface area contributed by atoms with Gasteiger partial charge in [0.05, 0.1) is 40.2 Å². The summed E-state index contributed by atoms with van der Waals surface area (Å²) >= 11 is 1.66. The van der Waals surface area contributed by atoms with E-state index in [9.17, 15) is 9.59 Å². The highest BCUT2D eigenvalue weighted by atomic mass is 32.1. The van der Waals surface area contributed by atoms with E-state index in [1.165, 1.54) is 4.88 Å². The van der Waals surface area contributed by atoms with E-state index in [1.54, 1.807) is 17.5 Å². The Balaban J connectivity index is 1.68. The van der Waals surface area contributed by atoms with Crippen molar-refractivity contribution in [1.29, 1.82) is 0 Å². The number of hydrogen-bond donors (Lipinski definition) is 0. The number of nitrogens with zero attached hydrogens (tertiary/aromatic N) is 4. The van der Waals surface area contributed by atoms with Crippen molar-refractivity contribution in [1.82, 2.24) is 19.7 Å². The molecule has 3 aromatic heterocycles. The van der Waals surface area contributed by atoms with Gasteiger partial charge in [0.15, 0.2) is 5.65 Å². The molecule has 0 N–H and O–H groups in total. The van der Waals surface area contributed by atoms with Gasteiger partial charge in [-0.2, -0.15) is 5.10 Å². The third-order valence-corrected chi connectivity index (χ3v) is 6.70. The van der Waals surface area contributed by atoms with E-state index in [-0.39, 0.29) is 23.8 Å². The molecular formula is C23H28N4O3S. The van der Waals surface area contributed by atoms with Crippen LogP contribution in [-0.4, -0.2) is 51.2 Å². The molecule has 31 heavy (non-hydrogen) atoms. The Morgan fingerprint density at radius 2 is 2.00 bits per heavy atom. The lowest BCUT2D eigenvalue weighted by atomic mass is 9.96. The number of pyridine rings is 1. The number of rotatable bonds is 5. The second-order valence-electron chi connectivity index (χ2n) is 8.20. The number of ether oxygens (including phenoxy) is 1. The predicted molar refractivity (Wildman–Crippen MR) is 121 cm³/mol. The Labute approximate surface area is 186 Å². The van der Waals surface area contributed by atoms with Gasteiger partial charge in [-0.1, -0.05) is 0 Å². The summed E-state index contributed by atoms with van der Waals surface area (Å²) < 4.78 is 7.01. The van der Waals surface area contributed by atoms with Crippen LogP contribution in [0.25, 0.3) is 21.6 Å². The highest BCUT2D eigenvalue weighted by Crippen LogP contribution is 2.32. The van der Waals surface area contributed by atoms with Crippen LogP contribution in [0, 0.1) is 12.8 Å². The van der Waals surface area contributed by atoms with Gasteiger partial charge >= 0.3 is 5.97 Å². The van der Waals surface area contributed by atoms with Crippen LogP contribution in [0.2, 0.25) is 0 Å². The summed E-state index contributed by atoms with van der Waals surface area (Å²) in [4.78, 5) is 34.5. The fourth-order valence-corrected chi connectivity index (χ4v) is 4.85. The standard InChI is InChI=1S/C23H28N4O3S/c1-5-30-23(29)16-8-10-26(11-9-16)22(28)17-12-19(20-7-6-15(4)31-20)25-21-18(17)13-24-27(21)14(2)3/h6-7,12-14,16H,5,8-11H2,1-4H3. The molecule has 1 amide bonds. The van der Waals surface area contributed by atoms with Crippen molar-refractivity contribution in [2.24, 2.45) is 5.92 Å². The summed E-state index contributed by atoms with van der Waals surface area (Å²) in [6, 6.07) is 6.13. The second kappa shape index (κ2) is 8.78.